The zero-order valence-corrected chi connectivity index (χ0v) is 29.2. The predicted molar refractivity (Wildman–Crippen MR) is 182 cm³/mol. The van der Waals surface area contributed by atoms with Crippen LogP contribution in [0.2, 0.25) is 0 Å². The number of aliphatic hydroxyl groups excluding tert-OH is 1. The molecule has 11 heteroatoms. The molecule has 1 saturated carbocycles. The van der Waals surface area contributed by atoms with Gasteiger partial charge in [0, 0.05) is 35.3 Å². The molecule has 46 heavy (non-hydrogen) atoms. The standard InChI is InChI=1S/C35H46Cl3N3O5/c1-21-29(19-41-27-11-6-5-8-23(27)16-17-28(41)31(43)40-34(2,3)4)45-32(46-30(21)24-14-12-22(20-42)13-15-24)25-9-7-10-26(18-25)39-33(44)35(36,37)38/h7,9-10,12-15,18,21,23,27-30,32,42H,5-6,8,11,16-17,19-20H2,1-4H3,(H,39,44)(H,40,43). The Kier molecular flexibility index (Phi) is 11.3. The minimum atomic E-state index is -2.11. The van der Waals surface area contributed by atoms with Gasteiger partial charge in [-0.1, -0.05) is 91.0 Å². The molecule has 0 radical (unpaired) electrons. The van der Waals surface area contributed by atoms with E-state index in [2.05, 4.69) is 22.5 Å². The summed E-state index contributed by atoms with van der Waals surface area (Å²) in [6.07, 6.45) is 5.17. The number of anilines is 1. The van der Waals surface area contributed by atoms with E-state index in [9.17, 15) is 14.7 Å². The van der Waals surface area contributed by atoms with Crippen molar-refractivity contribution in [3.8, 4) is 0 Å². The van der Waals surface area contributed by atoms with Gasteiger partial charge in [-0.15, -0.1) is 0 Å². The number of halogens is 3. The Morgan fingerprint density at radius 2 is 1.67 bits per heavy atom. The second kappa shape index (κ2) is 14.7. The highest BCUT2D eigenvalue weighted by Crippen LogP contribution is 2.44. The highest BCUT2D eigenvalue weighted by molar-refractivity contribution is 6.76. The predicted octanol–water partition coefficient (Wildman–Crippen LogP) is 7.22. The number of carbonyl (C=O) groups is 2. The Morgan fingerprint density at radius 1 is 0.957 bits per heavy atom. The second-order valence-corrected chi connectivity index (χ2v) is 16.3. The monoisotopic (exact) mass is 693 g/mol. The van der Waals surface area contributed by atoms with Gasteiger partial charge in [0.2, 0.25) is 5.91 Å². The van der Waals surface area contributed by atoms with Crippen molar-refractivity contribution in [2.75, 3.05) is 11.9 Å². The summed E-state index contributed by atoms with van der Waals surface area (Å²) in [7, 11) is 0. The van der Waals surface area contributed by atoms with Gasteiger partial charge in [0.25, 0.3) is 9.70 Å². The summed E-state index contributed by atoms with van der Waals surface area (Å²) in [6, 6.07) is 15.0. The molecule has 3 fully saturated rings. The Labute approximate surface area is 287 Å². The van der Waals surface area contributed by atoms with Gasteiger partial charge in [-0.3, -0.25) is 14.5 Å². The van der Waals surface area contributed by atoms with Gasteiger partial charge in [-0.25, -0.2) is 0 Å². The van der Waals surface area contributed by atoms with Crippen LogP contribution in [0.1, 0.15) is 95.3 Å². The van der Waals surface area contributed by atoms with E-state index in [0.717, 1.165) is 36.8 Å². The third kappa shape index (κ3) is 8.56. The zero-order chi connectivity index (χ0) is 33.2. The molecule has 2 aromatic rings. The van der Waals surface area contributed by atoms with Crippen molar-refractivity contribution in [3.05, 3.63) is 65.2 Å². The van der Waals surface area contributed by atoms with Gasteiger partial charge >= 0.3 is 0 Å². The van der Waals surface area contributed by atoms with Crippen molar-refractivity contribution in [2.45, 2.75) is 113 Å². The number of hydrogen-bond donors (Lipinski definition) is 3. The number of alkyl halides is 3. The van der Waals surface area contributed by atoms with Crippen LogP contribution in [0.4, 0.5) is 5.69 Å². The highest BCUT2D eigenvalue weighted by atomic mass is 35.6. The molecule has 2 aliphatic heterocycles. The quantitative estimate of drug-likeness (QED) is 0.265. The molecule has 7 unspecified atom stereocenters. The second-order valence-electron chi connectivity index (χ2n) is 14.0. The summed E-state index contributed by atoms with van der Waals surface area (Å²) < 4.78 is 11.3. The van der Waals surface area contributed by atoms with Crippen LogP contribution in [0, 0.1) is 11.8 Å². The Bertz CT molecular complexity index is 1360. The lowest BCUT2D eigenvalue weighted by atomic mass is 9.75. The minimum absolute atomic E-state index is 0.0437. The summed E-state index contributed by atoms with van der Waals surface area (Å²) in [5.74, 6) is -0.182. The van der Waals surface area contributed by atoms with E-state index in [1.165, 1.54) is 12.8 Å². The number of rotatable bonds is 7. The lowest BCUT2D eigenvalue weighted by Gasteiger charge is -2.51. The van der Waals surface area contributed by atoms with Crippen molar-refractivity contribution >= 4 is 52.3 Å². The average molecular weight is 695 g/mol. The van der Waals surface area contributed by atoms with E-state index in [1.807, 2.05) is 51.1 Å². The van der Waals surface area contributed by atoms with E-state index in [4.69, 9.17) is 44.3 Å². The molecule has 2 heterocycles. The first-order chi connectivity index (χ1) is 21.7. The fourth-order valence-electron chi connectivity index (χ4n) is 7.23. The summed E-state index contributed by atoms with van der Waals surface area (Å²) in [5.41, 5.74) is 2.60. The van der Waals surface area contributed by atoms with Crippen LogP contribution in [0.15, 0.2) is 48.5 Å². The van der Waals surface area contributed by atoms with E-state index in [1.54, 1.807) is 18.2 Å². The SMILES string of the molecule is CC1C(CN2C(C(=O)NC(C)(C)C)CCC3CCCCC32)OC(c2cccc(NC(=O)C(Cl)(Cl)Cl)c2)OC1c1ccc(CO)cc1. The average Bonchev–Trinajstić information content (AvgIpc) is 3.01. The number of carbonyl (C=O) groups excluding carboxylic acids is 2. The number of likely N-dealkylation sites (tertiary alicyclic amines) is 1. The molecule has 252 valence electrons. The summed E-state index contributed by atoms with van der Waals surface area (Å²) in [5, 5.41) is 15.5. The van der Waals surface area contributed by atoms with E-state index < -0.39 is 16.0 Å². The molecule has 2 aromatic carbocycles. The van der Waals surface area contributed by atoms with Crippen LogP contribution in [0.3, 0.4) is 0 Å². The number of aliphatic hydroxyl groups is 1. The maximum atomic E-state index is 13.7. The van der Waals surface area contributed by atoms with Gasteiger partial charge in [0.1, 0.15) is 0 Å². The van der Waals surface area contributed by atoms with Crippen molar-refractivity contribution in [1.29, 1.82) is 0 Å². The summed E-state index contributed by atoms with van der Waals surface area (Å²) in [4.78, 5) is 28.6. The van der Waals surface area contributed by atoms with Gasteiger partial charge in [0.05, 0.1) is 24.9 Å². The van der Waals surface area contributed by atoms with Crippen molar-refractivity contribution < 1.29 is 24.2 Å². The number of benzene rings is 2. The number of hydrogen-bond acceptors (Lipinski definition) is 6. The van der Waals surface area contributed by atoms with Crippen LogP contribution >= 0.6 is 34.8 Å². The zero-order valence-electron chi connectivity index (χ0n) is 27.0. The first kappa shape index (κ1) is 35.4. The molecule has 1 aliphatic carbocycles. The fourth-order valence-corrected chi connectivity index (χ4v) is 7.37. The number of fused-ring (bicyclic) bond motifs is 1. The molecule has 3 aliphatic rings. The molecular weight excluding hydrogens is 649 g/mol. The van der Waals surface area contributed by atoms with Crippen LogP contribution in [0.25, 0.3) is 0 Å². The van der Waals surface area contributed by atoms with Crippen molar-refractivity contribution in [3.63, 3.8) is 0 Å². The maximum Gasteiger partial charge on any atom is 0.276 e. The molecule has 0 bridgehead atoms. The smallest absolute Gasteiger partial charge is 0.276 e. The highest BCUT2D eigenvalue weighted by Gasteiger charge is 2.46. The lowest BCUT2D eigenvalue weighted by molar-refractivity contribution is -0.278. The van der Waals surface area contributed by atoms with Crippen LogP contribution in [-0.2, 0) is 25.7 Å². The molecule has 8 nitrogen and oxygen atoms in total. The Hall–Kier alpha value is -1.91. The summed E-state index contributed by atoms with van der Waals surface area (Å²) in [6.45, 7) is 8.73. The molecule has 2 saturated heterocycles. The van der Waals surface area contributed by atoms with Crippen LogP contribution in [0.5, 0.6) is 0 Å². The van der Waals surface area contributed by atoms with Crippen LogP contribution < -0.4 is 10.6 Å². The van der Waals surface area contributed by atoms with E-state index in [0.29, 0.717) is 29.8 Å². The van der Waals surface area contributed by atoms with Gasteiger partial charge in [-0.2, -0.15) is 0 Å². The molecule has 0 spiro atoms. The van der Waals surface area contributed by atoms with E-state index in [-0.39, 0.29) is 42.2 Å². The lowest BCUT2D eigenvalue weighted by Crippen LogP contribution is -2.61. The van der Waals surface area contributed by atoms with E-state index >= 15 is 0 Å². The largest absolute Gasteiger partial charge is 0.392 e. The molecule has 0 aromatic heterocycles. The first-order valence-corrected chi connectivity index (χ1v) is 17.4. The Morgan fingerprint density at radius 3 is 2.35 bits per heavy atom. The number of amides is 2. The fraction of sp³-hybridized carbons (Fsp3) is 0.600. The normalized spacial score (nSPS) is 29.1. The Balaban J connectivity index is 1.47. The number of nitrogens with zero attached hydrogens (tertiary/aromatic N) is 1. The number of nitrogens with one attached hydrogen (secondary N) is 2. The third-order valence-corrected chi connectivity index (χ3v) is 10.0. The molecular formula is C35H46Cl3N3O5. The van der Waals surface area contributed by atoms with Gasteiger partial charge in [-0.05, 0) is 75.6 Å². The number of piperidine rings is 1. The van der Waals surface area contributed by atoms with Crippen molar-refractivity contribution in [2.24, 2.45) is 11.8 Å². The minimum Gasteiger partial charge on any atom is -0.392 e. The molecule has 2 amide bonds. The topological polar surface area (TPSA) is 100 Å². The summed E-state index contributed by atoms with van der Waals surface area (Å²) >= 11 is 17.4. The number of ether oxygens (including phenoxy) is 2. The first-order valence-electron chi connectivity index (χ1n) is 16.3. The molecule has 3 N–H and O–H groups in total. The van der Waals surface area contributed by atoms with Gasteiger partial charge in [0.15, 0.2) is 6.29 Å². The maximum absolute atomic E-state index is 13.7. The van der Waals surface area contributed by atoms with Crippen LogP contribution in [-0.4, -0.2) is 55.9 Å². The van der Waals surface area contributed by atoms with Crippen molar-refractivity contribution in [1.82, 2.24) is 10.2 Å². The van der Waals surface area contributed by atoms with Gasteiger partial charge < -0.3 is 25.2 Å². The molecule has 7 atom stereocenters. The molecule has 5 rings (SSSR count). The third-order valence-electron chi connectivity index (χ3n) is 9.50.